The number of nitrogens with one attached hydrogen (secondary N) is 2. The zero-order chi connectivity index (χ0) is 15.5. The van der Waals surface area contributed by atoms with Crippen LogP contribution in [0, 0.1) is 6.92 Å². The predicted molar refractivity (Wildman–Crippen MR) is 84.7 cm³/mol. The highest BCUT2D eigenvalue weighted by molar-refractivity contribution is 5.96. The first-order chi connectivity index (χ1) is 10.6. The number of aromatic hydroxyl groups is 1. The number of nitrogens with zero attached hydrogens (tertiary/aromatic N) is 2. The largest absolute Gasteiger partial charge is 0.493 e. The molecular weight excluding hydrogens is 280 g/mol. The van der Waals surface area contributed by atoms with Crippen LogP contribution in [0.2, 0.25) is 0 Å². The molecule has 0 radical (unpaired) electrons. The molecule has 6 nitrogen and oxygen atoms in total. The normalized spacial score (nSPS) is 11.1. The number of hydrogen-bond acceptors (Lipinski definition) is 3. The van der Waals surface area contributed by atoms with Crippen molar-refractivity contribution in [1.82, 2.24) is 4.98 Å². The summed E-state index contributed by atoms with van der Waals surface area (Å²) in [5.74, 6) is -0.111. The van der Waals surface area contributed by atoms with Gasteiger partial charge in [-0.15, -0.1) is 5.11 Å². The van der Waals surface area contributed by atoms with Crippen molar-refractivity contribution < 1.29 is 9.90 Å². The summed E-state index contributed by atoms with van der Waals surface area (Å²) in [5, 5.41) is 20.7. The zero-order valence-corrected chi connectivity index (χ0v) is 11.9. The number of aromatic amines is 1. The van der Waals surface area contributed by atoms with Gasteiger partial charge in [0.05, 0.1) is 5.52 Å². The second-order valence-electron chi connectivity index (χ2n) is 4.82. The molecule has 1 aromatic heterocycles. The quantitative estimate of drug-likeness (QED) is 0.607. The Morgan fingerprint density at radius 1 is 1.14 bits per heavy atom. The number of urea groups is 1. The van der Waals surface area contributed by atoms with E-state index >= 15 is 0 Å². The van der Waals surface area contributed by atoms with Gasteiger partial charge < -0.3 is 15.4 Å². The fraction of sp³-hybridized carbons (Fsp3) is 0.0625. The highest BCUT2D eigenvalue weighted by Crippen LogP contribution is 2.36. The van der Waals surface area contributed by atoms with Gasteiger partial charge in [0.1, 0.15) is 0 Å². The minimum atomic E-state index is -0.604. The number of aromatic nitrogens is 1. The molecule has 3 aromatic rings. The number of carbonyl (C=O) groups excluding carboxylic acids is 1. The van der Waals surface area contributed by atoms with Gasteiger partial charge in [-0.05, 0) is 24.6 Å². The van der Waals surface area contributed by atoms with Crippen molar-refractivity contribution in [3.63, 3.8) is 0 Å². The number of carbonyl (C=O) groups is 1. The number of aryl methyl sites for hydroxylation is 1. The molecule has 0 aliphatic heterocycles. The first kappa shape index (κ1) is 13.8. The highest BCUT2D eigenvalue weighted by Gasteiger charge is 2.12. The van der Waals surface area contributed by atoms with E-state index in [1.807, 2.05) is 31.2 Å². The number of H-pyrrole nitrogens is 1. The molecule has 2 amide bonds. The third-order valence-electron chi connectivity index (χ3n) is 3.26. The van der Waals surface area contributed by atoms with Gasteiger partial charge in [-0.2, -0.15) is 0 Å². The topological polar surface area (TPSA) is 89.8 Å². The Kier molecular flexibility index (Phi) is 3.57. The molecule has 0 aliphatic carbocycles. The Bertz CT molecular complexity index is 853. The Morgan fingerprint density at radius 2 is 1.91 bits per heavy atom. The first-order valence-electron chi connectivity index (χ1n) is 6.73. The molecule has 0 saturated carbocycles. The van der Waals surface area contributed by atoms with Crippen molar-refractivity contribution in [2.75, 3.05) is 5.32 Å². The molecule has 0 fully saturated rings. The Balaban J connectivity index is 1.85. The molecule has 110 valence electrons. The smallest absolute Gasteiger partial charge is 0.364 e. The lowest BCUT2D eigenvalue weighted by molar-refractivity contribution is 0.258. The third-order valence-corrected chi connectivity index (χ3v) is 3.26. The molecule has 6 heteroatoms. The number of amides is 2. The minimum Gasteiger partial charge on any atom is -0.493 e. The van der Waals surface area contributed by atoms with E-state index in [2.05, 4.69) is 20.5 Å². The summed E-state index contributed by atoms with van der Waals surface area (Å²) < 4.78 is 0. The van der Waals surface area contributed by atoms with Crippen LogP contribution in [0.5, 0.6) is 5.88 Å². The van der Waals surface area contributed by atoms with Gasteiger partial charge in [0.25, 0.3) is 0 Å². The molecular formula is C16H14N4O2. The van der Waals surface area contributed by atoms with Gasteiger partial charge in [0.15, 0.2) is 5.69 Å². The molecule has 0 saturated heterocycles. The zero-order valence-electron chi connectivity index (χ0n) is 11.9. The second kappa shape index (κ2) is 5.69. The van der Waals surface area contributed by atoms with E-state index in [-0.39, 0.29) is 11.6 Å². The standard InChI is InChI=1S/C16H14N4O2/c1-10-6-5-9-12-13(10)18-15(21)14(12)19-20-16(22)17-11-7-3-2-4-8-11/h2-9,18,21H,1H3,(H,17,22). The van der Waals surface area contributed by atoms with Gasteiger partial charge in [-0.3, -0.25) is 0 Å². The fourth-order valence-electron chi connectivity index (χ4n) is 2.20. The number of azo groups is 1. The predicted octanol–water partition coefficient (Wildman–Crippen LogP) is 4.50. The van der Waals surface area contributed by atoms with Crippen molar-refractivity contribution in [2.24, 2.45) is 10.2 Å². The van der Waals surface area contributed by atoms with E-state index in [0.717, 1.165) is 11.1 Å². The van der Waals surface area contributed by atoms with Crippen molar-refractivity contribution >= 4 is 28.3 Å². The van der Waals surface area contributed by atoms with E-state index in [1.165, 1.54) is 0 Å². The highest BCUT2D eigenvalue weighted by atomic mass is 16.3. The maximum absolute atomic E-state index is 11.8. The summed E-state index contributed by atoms with van der Waals surface area (Å²) in [6.07, 6.45) is 0. The van der Waals surface area contributed by atoms with E-state index in [4.69, 9.17) is 0 Å². The molecule has 0 bridgehead atoms. The molecule has 0 atom stereocenters. The molecule has 1 heterocycles. The van der Waals surface area contributed by atoms with Crippen molar-refractivity contribution in [1.29, 1.82) is 0 Å². The summed E-state index contributed by atoms with van der Waals surface area (Å²) in [4.78, 5) is 14.6. The van der Waals surface area contributed by atoms with Crippen LogP contribution in [0.1, 0.15) is 5.56 Å². The van der Waals surface area contributed by atoms with Gasteiger partial charge >= 0.3 is 6.03 Å². The molecule has 2 aromatic carbocycles. The third kappa shape index (κ3) is 2.67. The van der Waals surface area contributed by atoms with Crippen LogP contribution in [0.4, 0.5) is 16.2 Å². The number of hydrogen-bond donors (Lipinski definition) is 3. The summed E-state index contributed by atoms with van der Waals surface area (Å²) >= 11 is 0. The average molecular weight is 294 g/mol. The lowest BCUT2D eigenvalue weighted by Crippen LogP contribution is -2.04. The van der Waals surface area contributed by atoms with E-state index < -0.39 is 6.03 Å². The van der Waals surface area contributed by atoms with Crippen LogP contribution in [0.3, 0.4) is 0 Å². The maximum Gasteiger partial charge on any atom is 0.364 e. The van der Waals surface area contributed by atoms with Gasteiger partial charge in [0.2, 0.25) is 5.88 Å². The van der Waals surface area contributed by atoms with Crippen LogP contribution in [0.15, 0.2) is 58.8 Å². The van der Waals surface area contributed by atoms with Crippen molar-refractivity contribution in [2.45, 2.75) is 6.92 Å². The van der Waals surface area contributed by atoms with E-state index in [1.54, 1.807) is 24.3 Å². The lowest BCUT2D eigenvalue weighted by atomic mass is 10.1. The second-order valence-corrected chi connectivity index (χ2v) is 4.82. The summed E-state index contributed by atoms with van der Waals surface area (Å²) in [7, 11) is 0. The van der Waals surface area contributed by atoms with Gasteiger partial charge in [-0.1, -0.05) is 41.5 Å². The number of benzene rings is 2. The van der Waals surface area contributed by atoms with Crippen LogP contribution in [-0.4, -0.2) is 16.1 Å². The monoisotopic (exact) mass is 294 g/mol. The Hall–Kier alpha value is -3.15. The van der Waals surface area contributed by atoms with Crippen LogP contribution in [0.25, 0.3) is 10.9 Å². The van der Waals surface area contributed by atoms with Gasteiger partial charge in [-0.25, -0.2) is 4.79 Å². The van der Waals surface area contributed by atoms with E-state index in [9.17, 15) is 9.90 Å². The molecule has 0 unspecified atom stereocenters. The van der Waals surface area contributed by atoms with E-state index in [0.29, 0.717) is 11.1 Å². The molecule has 3 rings (SSSR count). The first-order valence-corrected chi connectivity index (χ1v) is 6.73. The number of para-hydroxylation sites is 2. The number of rotatable bonds is 2. The summed E-state index contributed by atoms with van der Waals surface area (Å²) in [6, 6.07) is 13.9. The summed E-state index contributed by atoms with van der Waals surface area (Å²) in [6.45, 7) is 1.92. The van der Waals surface area contributed by atoms with Crippen LogP contribution < -0.4 is 5.32 Å². The average Bonchev–Trinajstić information content (AvgIpc) is 2.83. The lowest BCUT2D eigenvalue weighted by Gasteiger charge is -1.99. The molecule has 22 heavy (non-hydrogen) atoms. The number of anilines is 1. The van der Waals surface area contributed by atoms with Gasteiger partial charge in [0, 0.05) is 11.1 Å². The van der Waals surface area contributed by atoms with Crippen molar-refractivity contribution in [3.8, 4) is 5.88 Å². The summed E-state index contributed by atoms with van der Waals surface area (Å²) in [5.41, 5.74) is 2.63. The van der Waals surface area contributed by atoms with Crippen LogP contribution >= 0.6 is 0 Å². The number of fused-ring (bicyclic) bond motifs is 1. The molecule has 0 aliphatic rings. The molecule has 3 N–H and O–H groups in total. The van der Waals surface area contributed by atoms with Crippen LogP contribution in [-0.2, 0) is 0 Å². The van der Waals surface area contributed by atoms with Crippen molar-refractivity contribution in [3.05, 3.63) is 54.1 Å². The molecule has 0 spiro atoms. The maximum atomic E-state index is 11.8. The Labute approximate surface area is 126 Å². The Morgan fingerprint density at radius 3 is 2.68 bits per heavy atom. The minimum absolute atomic E-state index is 0.111. The SMILES string of the molecule is Cc1cccc2c(N=NC(=O)Nc3ccccc3)c(O)[nH]c12. The fourth-order valence-corrected chi connectivity index (χ4v) is 2.20.